The molecule has 552 valence electrons. The molecule has 0 bridgehead atoms. The molecule has 0 aliphatic rings. The van der Waals surface area contributed by atoms with Crippen molar-refractivity contribution in [2.45, 2.75) is 406 Å². The van der Waals surface area contributed by atoms with Crippen LogP contribution in [0.2, 0.25) is 0 Å². The molecular formula is C74H144O17P2. The molecule has 17 nitrogen and oxygen atoms in total. The predicted molar refractivity (Wildman–Crippen MR) is 377 cm³/mol. The van der Waals surface area contributed by atoms with Crippen LogP contribution in [0.3, 0.4) is 0 Å². The summed E-state index contributed by atoms with van der Waals surface area (Å²) in [5.41, 5.74) is 0. The van der Waals surface area contributed by atoms with E-state index in [1.807, 2.05) is 0 Å². The van der Waals surface area contributed by atoms with Crippen molar-refractivity contribution >= 4 is 39.5 Å². The minimum absolute atomic E-state index is 0.108. The summed E-state index contributed by atoms with van der Waals surface area (Å²) in [7, 11) is -9.90. The average Bonchev–Trinajstić information content (AvgIpc) is 2.61. The van der Waals surface area contributed by atoms with Gasteiger partial charge in [-0.05, 0) is 31.6 Å². The number of hydrogen-bond donors (Lipinski definition) is 3. The van der Waals surface area contributed by atoms with Gasteiger partial charge in [0.15, 0.2) is 12.2 Å². The molecule has 3 N–H and O–H groups in total. The summed E-state index contributed by atoms with van der Waals surface area (Å²) in [5, 5.41) is 10.6. The first-order valence-corrected chi connectivity index (χ1v) is 41.6. The van der Waals surface area contributed by atoms with Crippen LogP contribution in [0.5, 0.6) is 0 Å². The number of unbranched alkanes of at least 4 members (excludes halogenated alkanes) is 46. The van der Waals surface area contributed by atoms with Gasteiger partial charge in [-0.25, -0.2) is 9.13 Å². The number of carbonyl (C=O) groups is 4. The quantitative estimate of drug-likeness (QED) is 0.0222. The van der Waals surface area contributed by atoms with Crippen molar-refractivity contribution in [2.75, 3.05) is 39.6 Å². The number of rotatable bonds is 74. The van der Waals surface area contributed by atoms with Crippen LogP contribution >= 0.6 is 15.6 Å². The number of aliphatic hydroxyl groups is 1. The van der Waals surface area contributed by atoms with Gasteiger partial charge in [0.1, 0.15) is 19.3 Å². The summed E-state index contributed by atoms with van der Waals surface area (Å²) >= 11 is 0. The van der Waals surface area contributed by atoms with E-state index in [9.17, 15) is 43.2 Å². The molecule has 0 saturated heterocycles. The molecule has 19 heteroatoms. The predicted octanol–water partition coefficient (Wildman–Crippen LogP) is 21.7. The molecule has 0 rings (SSSR count). The highest BCUT2D eigenvalue weighted by Gasteiger charge is 2.30. The van der Waals surface area contributed by atoms with Gasteiger partial charge in [-0.3, -0.25) is 37.3 Å². The number of hydrogen-bond acceptors (Lipinski definition) is 15. The Bertz CT molecular complexity index is 1790. The van der Waals surface area contributed by atoms with Crippen LogP contribution < -0.4 is 0 Å². The van der Waals surface area contributed by atoms with Gasteiger partial charge in [-0.15, -0.1) is 0 Å². The Morgan fingerprint density at radius 2 is 0.495 bits per heavy atom. The van der Waals surface area contributed by atoms with Crippen molar-refractivity contribution in [1.29, 1.82) is 0 Å². The van der Waals surface area contributed by atoms with Gasteiger partial charge in [0, 0.05) is 25.7 Å². The van der Waals surface area contributed by atoms with Gasteiger partial charge in [0.05, 0.1) is 26.4 Å². The SMILES string of the molecule is CCCCCCCCCCCCCCCCCC(=O)OC[C@H](COP(=O)(O)OC[C@@H](O)COP(=O)(O)OC[C@@H](COC(=O)CCCCCCCCC)OC(=O)CCCCCCCCCCCCCCC)OC(=O)CCCCCCCCCCCCCCCCCC(C)C. The lowest BCUT2D eigenvalue weighted by atomic mass is 10.0. The Balaban J connectivity index is 5.19. The number of phosphoric acid groups is 2. The first kappa shape index (κ1) is 91.1. The number of phosphoric ester groups is 2. The molecule has 0 aliphatic carbocycles. The standard InChI is InChI=1S/C74H144O17P2/c1-6-9-12-15-18-20-22-24-26-31-34-38-43-48-53-58-72(77)85-64-70(91-74(79)60-55-50-45-40-36-32-28-25-27-30-33-37-42-46-51-56-67(4)5)66-89-93(82,83)87-62-68(75)61-86-92(80,81)88-65-69(63-84-71(76)57-52-47-41-17-14-11-8-3)90-73(78)59-54-49-44-39-35-29-23-21-19-16-13-10-7-2/h67-70,75H,6-66H2,1-5H3,(H,80,81)(H,82,83)/t68-,69+,70+/m0/s1. The van der Waals surface area contributed by atoms with E-state index in [1.54, 1.807) is 0 Å². The molecule has 0 aromatic heterocycles. The summed E-state index contributed by atoms with van der Waals surface area (Å²) in [5.74, 6) is -1.32. The van der Waals surface area contributed by atoms with Gasteiger partial charge in [0.2, 0.25) is 0 Å². The van der Waals surface area contributed by atoms with E-state index in [4.69, 9.17) is 37.0 Å². The van der Waals surface area contributed by atoms with Crippen molar-refractivity contribution < 1.29 is 80.2 Å². The largest absolute Gasteiger partial charge is 0.472 e. The molecule has 0 heterocycles. The molecule has 93 heavy (non-hydrogen) atoms. The third-order valence-electron chi connectivity index (χ3n) is 17.3. The van der Waals surface area contributed by atoms with Crippen LogP contribution in [0.1, 0.15) is 388 Å². The molecule has 0 fully saturated rings. The smallest absolute Gasteiger partial charge is 0.462 e. The van der Waals surface area contributed by atoms with E-state index in [1.165, 1.54) is 199 Å². The number of carbonyl (C=O) groups excluding carboxylic acids is 4. The highest BCUT2D eigenvalue weighted by atomic mass is 31.2. The molecule has 5 atom stereocenters. The fourth-order valence-corrected chi connectivity index (χ4v) is 12.9. The van der Waals surface area contributed by atoms with E-state index >= 15 is 0 Å². The van der Waals surface area contributed by atoms with Crippen molar-refractivity contribution in [1.82, 2.24) is 0 Å². The van der Waals surface area contributed by atoms with Gasteiger partial charge in [-0.2, -0.15) is 0 Å². The highest BCUT2D eigenvalue weighted by molar-refractivity contribution is 7.47. The minimum atomic E-state index is -4.95. The van der Waals surface area contributed by atoms with Crippen molar-refractivity contribution in [3.63, 3.8) is 0 Å². The summed E-state index contributed by atoms with van der Waals surface area (Å²) in [4.78, 5) is 72.6. The topological polar surface area (TPSA) is 237 Å². The number of esters is 4. The minimum Gasteiger partial charge on any atom is -0.462 e. The van der Waals surface area contributed by atoms with E-state index in [0.717, 1.165) is 109 Å². The zero-order valence-electron chi connectivity index (χ0n) is 60.4. The van der Waals surface area contributed by atoms with E-state index in [2.05, 4.69) is 34.6 Å². The van der Waals surface area contributed by atoms with Crippen LogP contribution in [-0.4, -0.2) is 96.7 Å². The highest BCUT2D eigenvalue weighted by Crippen LogP contribution is 2.45. The molecule has 0 saturated carbocycles. The fourth-order valence-electron chi connectivity index (χ4n) is 11.4. The molecule has 0 aromatic carbocycles. The van der Waals surface area contributed by atoms with Gasteiger partial charge < -0.3 is 33.8 Å². The van der Waals surface area contributed by atoms with E-state index in [0.29, 0.717) is 25.7 Å². The monoisotopic (exact) mass is 1370 g/mol. The molecule has 0 aliphatic heterocycles. The Morgan fingerprint density at radius 1 is 0.290 bits per heavy atom. The first-order valence-electron chi connectivity index (χ1n) is 38.6. The molecule has 0 radical (unpaired) electrons. The van der Waals surface area contributed by atoms with Crippen LogP contribution in [-0.2, 0) is 65.4 Å². The van der Waals surface area contributed by atoms with Crippen LogP contribution in [0.15, 0.2) is 0 Å². The Labute approximate surface area is 568 Å². The van der Waals surface area contributed by atoms with Gasteiger partial charge in [-0.1, -0.05) is 336 Å². The summed E-state index contributed by atoms with van der Waals surface area (Å²) in [6, 6.07) is 0. The lowest BCUT2D eigenvalue weighted by molar-refractivity contribution is -0.161. The Kier molecular flexibility index (Phi) is 65.9. The maximum Gasteiger partial charge on any atom is 0.472 e. The number of ether oxygens (including phenoxy) is 4. The maximum atomic E-state index is 13.1. The normalized spacial score (nSPS) is 14.0. The molecule has 0 aromatic rings. The van der Waals surface area contributed by atoms with Crippen LogP contribution in [0, 0.1) is 5.92 Å². The second-order valence-electron chi connectivity index (χ2n) is 27.2. The third-order valence-corrected chi connectivity index (χ3v) is 19.2. The van der Waals surface area contributed by atoms with Crippen LogP contribution in [0.4, 0.5) is 0 Å². The Morgan fingerprint density at radius 3 is 0.731 bits per heavy atom. The van der Waals surface area contributed by atoms with Crippen molar-refractivity contribution in [2.24, 2.45) is 5.92 Å². The summed E-state index contributed by atoms with van der Waals surface area (Å²) in [6.45, 7) is 7.27. The zero-order chi connectivity index (χ0) is 68.4. The first-order chi connectivity index (χ1) is 45.0. The van der Waals surface area contributed by atoms with Crippen molar-refractivity contribution in [3.05, 3.63) is 0 Å². The molecule has 2 unspecified atom stereocenters. The summed E-state index contributed by atoms with van der Waals surface area (Å²) in [6.07, 6.45) is 55.5. The second-order valence-corrected chi connectivity index (χ2v) is 30.1. The molecular weight excluding hydrogens is 1220 g/mol. The van der Waals surface area contributed by atoms with E-state index in [-0.39, 0.29) is 25.7 Å². The zero-order valence-corrected chi connectivity index (χ0v) is 62.2. The lowest BCUT2D eigenvalue weighted by Crippen LogP contribution is -2.30. The molecule has 0 spiro atoms. The number of aliphatic hydroxyl groups excluding tert-OH is 1. The van der Waals surface area contributed by atoms with E-state index < -0.39 is 97.5 Å². The Hall–Kier alpha value is -1.94. The summed E-state index contributed by atoms with van der Waals surface area (Å²) < 4.78 is 68.4. The van der Waals surface area contributed by atoms with Crippen LogP contribution in [0.25, 0.3) is 0 Å². The lowest BCUT2D eigenvalue weighted by Gasteiger charge is -2.21. The maximum absolute atomic E-state index is 13.1. The fraction of sp³-hybridized carbons (Fsp3) is 0.946. The van der Waals surface area contributed by atoms with Gasteiger partial charge >= 0.3 is 39.5 Å². The van der Waals surface area contributed by atoms with Gasteiger partial charge in [0.25, 0.3) is 0 Å². The average molecular weight is 1370 g/mol. The van der Waals surface area contributed by atoms with Crippen molar-refractivity contribution in [3.8, 4) is 0 Å². The second kappa shape index (κ2) is 67.3. The third kappa shape index (κ3) is 68.4. The molecule has 0 amide bonds.